The zero-order valence-corrected chi connectivity index (χ0v) is 12.5. The maximum atomic E-state index is 11.3. The van der Waals surface area contributed by atoms with Gasteiger partial charge in [-0.1, -0.05) is 29.3 Å². The number of halogens is 2. The van der Waals surface area contributed by atoms with E-state index in [1.165, 1.54) is 12.8 Å². The summed E-state index contributed by atoms with van der Waals surface area (Å²) in [7, 11) is 0. The molecule has 1 aromatic carbocycles. The first-order valence-corrected chi connectivity index (χ1v) is 7.35. The van der Waals surface area contributed by atoms with E-state index < -0.39 is 0 Å². The van der Waals surface area contributed by atoms with E-state index in [0.717, 1.165) is 11.8 Å². The van der Waals surface area contributed by atoms with Crippen molar-refractivity contribution in [3.05, 3.63) is 40.0 Å². The zero-order chi connectivity index (χ0) is 14.3. The third kappa shape index (κ3) is 2.48. The van der Waals surface area contributed by atoms with Gasteiger partial charge in [0, 0.05) is 11.8 Å². The zero-order valence-electron chi connectivity index (χ0n) is 11.0. The number of aromatic nitrogens is 2. The first-order chi connectivity index (χ1) is 9.60. The minimum Gasteiger partial charge on any atom is -0.298 e. The summed E-state index contributed by atoms with van der Waals surface area (Å²) in [5.74, 6) is 0.677. The Kier molecular flexibility index (Phi) is 3.57. The smallest absolute Gasteiger partial charge is 0.153 e. The lowest BCUT2D eigenvalue weighted by atomic mass is 10.1. The van der Waals surface area contributed by atoms with E-state index >= 15 is 0 Å². The molecule has 1 aliphatic rings. The average molecular weight is 309 g/mol. The summed E-state index contributed by atoms with van der Waals surface area (Å²) in [5.41, 5.74) is 2.05. The van der Waals surface area contributed by atoms with E-state index in [9.17, 15) is 4.79 Å². The molecule has 104 valence electrons. The van der Waals surface area contributed by atoms with Crippen LogP contribution in [-0.4, -0.2) is 16.1 Å². The van der Waals surface area contributed by atoms with Gasteiger partial charge in [0.25, 0.3) is 0 Å². The molecular formula is C15H14Cl2N2O. The molecule has 0 amide bonds. The molecular weight excluding hydrogens is 295 g/mol. The van der Waals surface area contributed by atoms with Crippen LogP contribution in [0.25, 0.3) is 11.3 Å². The van der Waals surface area contributed by atoms with Crippen LogP contribution in [0.1, 0.15) is 36.2 Å². The molecule has 0 radical (unpaired) electrons. The van der Waals surface area contributed by atoms with Gasteiger partial charge in [-0.3, -0.25) is 9.48 Å². The minimum absolute atomic E-state index is 0.324. The van der Waals surface area contributed by atoms with Crippen molar-refractivity contribution in [2.24, 2.45) is 5.92 Å². The Hall–Kier alpha value is -1.32. The number of carbonyl (C=O) groups is 1. The Morgan fingerprint density at radius 2 is 2.10 bits per heavy atom. The van der Waals surface area contributed by atoms with E-state index in [2.05, 4.69) is 12.0 Å². The number of rotatable bonds is 4. The molecule has 1 aliphatic carbocycles. The third-order valence-corrected chi connectivity index (χ3v) is 4.54. The quantitative estimate of drug-likeness (QED) is 0.771. The third-order valence-electron chi connectivity index (χ3n) is 3.80. The lowest BCUT2D eigenvalue weighted by molar-refractivity contribution is 0.112. The molecule has 1 fully saturated rings. The fourth-order valence-electron chi connectivity index (χ4n) is 2.36. The van der Waals surface area contributed by atoms with Crippen molar-refractivity contribution >= 4 is 29.5 Å². The largest absolute Gasteiger partial charge is 0.298 e. The van der Waals surface area contributed by atoms with E-state index in [0.29, 0.717) is 33.3 Å². The Bertz CT molecular complexity index is 662. The first-order valence-electron chi connectivity index (χ1n) is 6.60. The summed E-state index contributed by atoms with van der Waals surface area (Å²) >= 11 is 12.0. The van der Waals surface area contributed by atoms with Crippen molar-refractivity contribution in [1.82, 2.24) is 9.78 Å². The van der Waals surface area contributed by atoms with Crippen molar-refractivity contribution in [3.63, 3.8) is 0 Å². The first kappa shape index (κ1) is 13.7. The van der Waals surface area contributed by atoms with Crippen LogP contribution in [0.5, 0.6) is 0 Å². The highest BCUT2D eigenvalue weighted by molar-refractivity contribution is 6.42. The normalized spacial score (nSPS) is 16.1. The summed E-state index contributed by atoms with van der Waals surface area (Å²) in [5, 5.41) is 5.52. The second-order valence-electron chi connectivity index (χ2n) is 5.24. The molecule has 1 saturated carbocycles. The van der Waals surface area contributed by atoms with Gasteiger partial charge in [0.1, 0.15) is 5.69 Å². The number of nitrogens with zero attached hydrogens (tertiary/aromatic N) is 2. The van der Waals surface area contributed by atoms with E-state index in [-0.39, 0.29) is 0 Å². The summed E-state index contributed by atoms with van der Waals surface area (Å²) < 4.78 is 1.89. The van der Waals surface area contributed by atoms with Crippen molar-refractivity contribution in [3.8, 4) is 11.3 Å². The molecule has 0 saturated heterocycles. The maximum Gasteiger partial charge on any atom is 0.153 e. The molecule has 1 aromatic heterocycles. The molecule has 0 N–H and O–H groups in total. The molecule has 0 spiro atoms. The molecule has 1 atom stereocenters. The summed E-state index contributed by atoms with van der Waals surface area (Å²) in [6, 6.07) is 5.61. The maximum absolute atomic E-state index is 11.3. The van der Waals surface area contributed by atoms with Crippen molar-refractivity contribution in [2.45, 2.75) is 25.8 Å². The Morgan fingerprint density at radius 1 is 1.35 bits per heavy atom. The van der Waals surface area contributed by atoms with E-state index in [1.54, 1.807) is 12.1 Å². The van der Waals surface area contributed by atoms with Gasteiger partial charge in [-0.2, -0.15) is 5.10 Å². The molecule has 0 aliphatic heterocycles. The fraction of sp³-hybridized carbons (Fsp3) is 0.333. The van der Waals surface area contributed by atoms with Gasteiger partial charge >= 0.3 is 0 Å². The second kappa shape index (κ2) is 5.23. The number of aldehydes is 1. The van der Waals surface area contributed by atoms with Crippen molar-refractivity contribution in [1.29, 1.82) is 0 Å². The predicted octanol–water partition coefficient (Wildman–Crippen LogP) is 4.64. The van der Waals surface area contributed by atoms with Crippen molar-refractivity contribution in [2.75, 3.05) is 0 Å². The molecule has 0 bridgehead atoms. The minimum atomic E-state index is 0.324. The highest BCUT2D eigenvalue weighted by Crippen LogP contribution is 2.40. The van der Waals surface area contributed by atoms with Gasteiger partial charge in [0.2, 0.25) is 0 Å². The Balaban J connectivity index is 2.02. The Morgan fingerprint density at radius 3 is 2.70 bits per heavy atom. The second-order valence-corrected chi connectivity index (χ2v) is 6.05. The van der Waals surface area contributed by atoms with Crippen molar-refractivity contribution < 1.29 is 4.79 Å². The molecule has 3 rings (SSSR count). The van der Waals surface area contributed by atoms with Gasteiger partial charge in [0.05, 0.1) is 21.7 Å². The topological polar surface area (TPSA) is 34.9 Å². The van der Waals surface area contributed by atoms with Gasteiger partial charge in [0.15, 0.2) is 6.29 Å². The van der Waals surface area contributed by atoms with E-state index in [4.69, 9.17) is 23.2 Å². The summed E-state index contributed by atoms with van der Waals surface area (Å²) in [6.45, 7) is 2.14. The lowest BCUT2D eigenvalue weighted by Gasteiger charge is -2.09. The van der Waals surface area contributed by atoms with Crippen LogP contribution < -0.4 is 0 Å². The van der Waals surface area contributed by atoms with Gasteiger partial charge < -0.3 is 0 Å². The monoisotopic (exact) mass is 308 g/mol. The van der Waals surface area contributed by atoms with Crippen LogP contribution in [0, 0.1) is 5.92 Å². The molecule has 1 heterocycles. The van der Waals surface area contributed by atoms with Gasteiger partial charge in [-0.15, -0.1) is 0 Å². The van der Waals surface area contributed by atoms with Crippen LogP contribution in [0.15, 0.2) is 24.4 Å². The number of hydrogen-bond donors (Lipinski definition) is 0. The highest BCUT2D eigenvalue weighted by atomic mass is 35.5. The lowest BCUT2D eigenvalue weighted by Crippen LogP contribution is -2.07. The molecule has 1 unspecified atom stereocenters. The standard InChI is InChI=1S/C15H14Cl2N2O/c1-9(10-2-3-10)19-7-12(8-20)15(18-19)11-4-5-13(16)14(17)6-11/h4-10H,2-3H2,1H3. The number of hydrogen-bond acceptors (Lipinski definition) is 2. The Labute approximate surface area is 127 Å². The van der Waals surface area contributed by atoms with E-state index in [1.807, 2.05) is 16.9 Å². The van der Waals surface area contributed by atoms with Crippen LogP contribution in [0.3, 0.4) is 0 Å². The highest BCUT2D eigenvalue weighted by Gasteiger charge is 2.30. The predicted molar refractivity (Wildman–Crippen MR) is 80.5 cm³/mol. The molecule has 5 heteroatoms. The number of carbonyl (C=O) groups excluding carboxylic acids is 1. The molecule has 2 aromatic rings. The summed E-state index contributed by atoms with van der Waals surface area (Å²) in [6.07, 6.45) is 5.12. The van der Waals surface area contributed by atoms with Crippen LogP contribution >= 0.6 is 23.2 Å². The van der Waals surface area contributed by atoms with Crippen LogP contribution in [0.4, 0.5) is 0 Å². The van der Waals surface area contributed by atoms with Gasteiger partial charge in [-0.05, 0) is 37.8 Å². The molecule has 3 nitrogen and oxygen atoms in total. The van der Waals surface area contributed by atoms with Crippen LogP contribution in [0.2, 0.25) is 10.0 Å². The SMILES string of the molecule is CC(C1CC1)n1cc(C=O)c(-c2ccc(Cl)c(Cl)c2)n1. The fourth-order valence-corrected chi connectivity index (χ4v) is 2.66. The van der Waals surface area contributed by atoms with Crippen LogP contribution in [-0.2, 0) is 0 Å². The summed E-state index contributed by atoms with van der Waals surface area (Å²) in [4.78, 5) is 11.3. The molecule has 20 heavy (non-hydrogen) atoms. The van der Waals surface area contributed by atoms with Gasteiger partial charge in [-0.25, -0.2) is 0 Å². The number of benzene rings is 1. The average Bonchev–Trinajstić information content (AvgIpc) is 3.20.